The van der Waals surface area contributed by atoms with Crippen LogP contribution < -0.4 is 5.32 Å². The lowest BCUT2D eigenvalue weighted by atomic mass is 9.92. The Kier molecular flexibility index (Phi) is 4.66. The Morgan fingerprint density at radius 1 is 1.21 bits per heavy atom. The second-order valence-electron chi connectivity index (χ2n) is 5.48. The first-order valence-corrected chi connectivity index (χ1v) is 5.76. The third-order valence-corrected chi connectivity index (χ3v) is 1.94. The molecule has 0 aliphatic rings. The third-order valence-electron chi connectivity index (χ3n) is 1.55. The minimum Gasteiger partial charge on any atom is -0.283 e. The summed E-state index contributed by atoms with van der Waals surface area (Å²) in [5.41, 5.74) is -0.371. The Bertz CT molecular complexity index is 205. The van der Waals surface area contributed by atoms with Crippen LogP contribution in [0.25, 0.3) is 0 Å². The first-order valence-electron chi connectivity index (χ1n) is 4.63. The second-order valence-corrected chi connectivity index (χ2v) is 6.17. The fraction of sp³-hybridized carbons (Fsp3) is 1.00. The molecule has 0 radical (unpaired) electrons. The molecule has 5 heteroatoms. The normalized spacial score (nSPS) is 16.6. The van der Waals surface area contributed by atoms with Gasteiger partial charge in [0.05, 0.1) is 0 Å². The van der Waals surface area contributed by atoms with Gasteiger partial charge in [0.15, 0.2) is 6.23 Å². The van der Waals surface area contributed by atoms with E-state index < -0.39 is 14.5 Å². The molecular formula is C9H21NO3P+. The predicted molar refractivity (Wildman–Crippen MR) is 57.0 cm³/mol. The molecule has 2 N–H and O–H groups in total. The number of hydrogen-bond acceptors (Lipinski definition) is 3. The highest BCUT2D eigenvalue weighted by atomic mass is 31.1. The molecule has 2 atom stereocenters. The highest BCUT2D eigenvalue weighted by molar-refractivity contribution is 7.32. The molecule has 0 fully saturated rings. The third kappa shape index (κ3) is 6.44. The van der Waals surface area contributed by atoms with Gasteiger partial charge in [-0.3, -0.25) is 5.32 Å². The highest BCUT2D eigenvalue weighted by Gasteiger charge is 2.36. The van der Waals surface area contributed by atoms with E-state index in [9.17, 15) is 4.57 Å². The molecular weight excluding hydrogens is 201 g/mol. The van der Waals surface area contributed by atoms with E-state index in [-0.39, 0.29) is 11.0 Å². The van der Waals surface area contributed by atoms with Crippen molar-refractivity contribution in [3.63, 3.8) is 0 Å². The molecule has 0 bridgehead atoms. The van der Waals surface area contributed by atoms with E-state index in [1.54, 1.807) is 0 Å². The Hall–Kier alpha value is -0.0200. The summed E-state index contributed by atoms with van der Waals surface area (Å²) in [6, 6.07) is 0. The van der Waals surface area contributed by atoms with Crippen LogP contribution in [-0.4, -0.2) is 16.7 Å². The highest BCUT2D eigenvalue weighted by Crippen LogP contribution is 2.29. The molecule has 0 aromatic carbocycles. The molecule has 0 amide bonds. The summed E-state index contributed by atoms with van der Waals surface area (Å²) in [4.78, 5) is 8.73. The van der Waals surface area contributed by atoms with Crippen molar-refractivity contribution in [2.75, 3.05) is 0 Å². The topological polar surface area (TPSA) is 58.6 Å². The monoisotopic (exact) mass is 222 g/mol. The van der Waals surface area contributed by atoms with E-state index in [4.69, 9.17) is 9.42 Å². The van der Waals surface area contributed by atoms with Crippen molar-refractivity contribution >= 4 is 8.25 Å². The summed E-state index contributed by atoms with van der Waals surface area (Å²) in [5, 5.41) is 3.16. The van der Waals surface area contributed by atoms with Gasteiger partial charge in [0.2, 0.25) is 0 Å². The number of rotatable bonds is 3. The quantitative estimate of drug-likeness (QED) is 0.568. The maximum Gasteiger partial charge on any atom is 0.696 e. The lowest BCUT2D eigenvalue weighted by Crippen LogP contribution is -2.50. The second kappa shape index (κ2) is 4.67. The molecule has 0 aromatic heterocycles. The first kappa shape index (κ1) is 14.0. The minimum atomic E-state index is -2.57. The predicted octanol–water partition coefficient (Wildman–Crippen LogP) is 2.41. The van der Waals surface area contributed by atoms with E-state index in [2.05, 4.69) is 5.32 Å². The zero-order valence-electron chi connectivity index (χ0n) is 9.79. The lowest BCUT2D eigenvalue weighted by molar-refractivity contribution is 0.0322. The SMILES string of the molecule is CC(C)(C)NC(O[P+](=O)O)C(C)(C)C. The molecule has 4 nitrogen and oxygen atoms in total. The first-order chi connectivity index (χ1) is 6.02. The lowest BCUT2D eigenvalue weighted by Gasteiger charge is -2.32. The molecule has 0 aromatic rings. The van der Waals surface area contributed by atoms with Crippen LogP contribution in [0.4, 0.5) is 0 Å². The summed E-state index contributed by atoms with van der Waals surface area (Å²) in [6.07, 6.45) is -0.434. The Morgan fingerprint density at radius 3 is 1.86 bits per heavy atom. The Labute approximate surface area is 87.0 Å². The summed E-state index contributed by atoms with van der Waals surface area (Å²) in [7, 11) is -2.57. The van der Waals surface area contributed by atoms with Crippen molar-refractivity contribution in [1.29, 1.82) is 0 Å². The van der Waals surface area contributed by atoms with Gasteiger partial charge >= 0.3 is 8.25 Å². The van der Waals surface area contributed by atoms with Crippen LogP contribution in [0.15, 0.2) is 0 Å². The van der Waals surface area contributed by atoms with E-state index in [1.165, 1.54) is 0 Å². The molecule has 2 unspecified atom stereocenters. The van der Waals surface area contributed by atoms with Crippen LogP contribution in [-0.2, 0) is 9.09 Å². The molecule has 14 heavy (non-hydrogen) atoms. The summed E-state index contributed by atoms with van der Waals surface area (Å²) in [6.45, 7) is 11.8. The molecule has 0 heterocycles. The summed E-state index contributed by atoms with van der Waals surface area (Å²) >= 11 is 0. The van der Waals surface area contributed by atoms with Crippen LogP contribution in [0.1, 0.15) is 41.5 Å². The zero-order chi connectivity index (χ0) is 11.6. The van der Waals surface area contributed by atoms with Gasteiger partial charge in [-0.1, -0.05) is 25.3 Å². The smallest absolute Gasteiger partial charge is 0.283 e. The summed E-state index contributed by atoms with van der Waals surface area (Å²) < 4.78 is 15.6. The maximum absolute atomic E-state index is 10.6. The van der Waals surface area contributed by atoms with Crippen molar-refractivity contribution in [3.8, 4) is 0 Å². The van der Waals surface area contributed by atoms with Crippen LogP contribution >= 0.6 is 8.25 Å². The average molecular weight is 222 g/mol. The van der Waals surface area contributed by atoms with Gasteiger partial charge in [-0.2, -0.15) is 0 Å². The van der Waals surface area contributed by atoms with Crippen molar-refractivity contribution in [1.82, 2.24) is 5.32 Å². The fourth-order valence-electron chi connectivity index (χ4n) is 0.884. The number of nitrogens with one attached hydrogen (secondary N) is 1. The molecule has 0 saturated heterocycles. The number of hydrogen-bond donors (Lipinski definition) is 2. The molecule has 0 aliphatic carbocycles. The largest absolute Gasteiger partial charge is 0.696 e. The van der Waals surface area contributed by atoms with Gasteiger partial charge in [-0.05, 0) is 20.8 Å². The van der Waals surface area contributed by atoms with E-state index in [1.807, 2.05) is 41.5 Å². The van der Waals surface area contributed by atoms with E-state index in [0.717, 1.165) is 0 Å². The van der Waals surface area contributed by atoms with Gasteiger partial charge in [0, 0.05) is 15.5 Å². The van der Waals surface area contributed by atoms with Crippen LogP contribution in [0, 0.1) is 5.41 Å². The van der Waals surface area contributed by atoms with Gasteiger partial charge < -0.3 is 0 Å². The van der Waals surface area contributed by atoms with Gasteiger partial charge in [0.1, 0.15) is 0 Å². The minimum absolute atomic E-state index is 0.150. The Balaban J connectivity index is 4.50. The molecule has 0 rings (SSSR count). The maximum atomic E-state index is 10.6. The molecule has 0 spiro atoms. The van der Waals surface area contributed by atoms with E-state index >= 15 is 0 Å². The van der Waals surface area contributed by atoms with Gasteiger partial charge in [0.25, 0.3) is 0 Å². The van der Waals surface area contributed by atoms with Crippen molar-refractivity contribution in [2.45, 2.75) is 53.3 Å². The van der Waals surface area contributed by atoms with Gasteiger partial charge in [-0.25, -0.2) is 0 Å². The van der Waals surface area contributed by atoms with E-state index in [0.29, 0.717) is 0 Å². The summed E-state index contributed by atoms with van der Waals surface area (Å²) in [5.74, 6) is 0. The molecule has 0 aliphatic heterocycles. The van der Waals surface area contributed by atoms with Crippen LogP contribution in [0.2, 0.25) is 0 Å². The van der Waals surface area contributed by atoms with Crippen LogP contribution in [0.3, 0.4) is 0 Å². The fourth-order valence-corrected chi connectivity index (χ4v) is 1.43. The van der Waals surface area contributed by atoms with Gasteiger partial charge in [-0.15, -0.1) is 4.89 Å². The van der Waals surface area contributed by atoms with Crippen molar-refractivity contribution in [3.05, 3.63) is 0 Å². The average Bonchev–Trinajstić information content (AvgIpc) is 1.78. The molecule has 84 valence electrons. The standard InChI is InChI=1S/C9H20NO3P/c1-8(2,3)7(13-14(11)12)10-9(4,5)6/h7,10H,1-6H3/p+1. The van der Waals surface area contributed by atoms with Crippen LogP contribution in [0.5, 0.6) is 0 Å². The Morgan fingerprint density at radius 2 is 1.64 bits per heavy atom. The van der Waals surface area contributed by atoms with Crippen molar-refractivity contribution in [2.24, 2.45) is 5.41 Å². The molecule has 0 saturated carbocycles. The zero-order valence-corrected chi connectivity index (χ0v) is 10.7. The van der Waals surface area contributed by atoms with Crippen molar-refractivity contribution < 1.29 is 14.0 Å².